The molecule has 1 rings (SSSR count). The summed E-state index contributed by atoms with van der Waals surface area (Å²) in [5.74, 6) is -0.904. The van der Waals surface area contributed by atoms with Gasteiger partial charge in [0.25, 0.3) is 5.91 Å². The Morgan fingerprint density at radius 3 is 2.73 bits per heavy atom. The number of carbonyl (C=O) groups excluding carboxylic acids is 1. The number of nitrogens with one attached hydrogen (secondary N) is 1. The number of carbonyl (C=O) groups is 1. The molecule has 0 atom stereocenters. The van der Waals surface area contributed by atoms with Gasteiger partial charge in [0, 0.05) is 24.9 Å². The van der Waals surface area contributed by atoms with Gasteiger partial charge in [-0.3, -0.25) is 9.79 Å². The number of aromatic hydroxyl groups is 2. The van der Waals surface area contributed by atoms with Crippen LogP contribution in [0.3, 0.4) is 0 Å². The summed E-state index contributed by atoms with van der Waals surface area (Å²) in [6.07, 6.45) is 9.66. The van der Waals surface area contributed by atoms with Crippen molar-refractivity contribution < 1.29 is 15.0 Å². The van der Waals surface area contributed by atoms with Gasteiger partial charge < -0.3 is 15.5 Å². The second-order valence-electron chi connectivity index (χ2n) is 5.31. The van der Waals surface area contributed by atoms with E-state index in [0.29, 0.717) is 18.5 Å². The first-order valence-corrected chi connectivity index (χ1v) is 8.28. The summed E-state index contributed by atoms with van der Waals surface area (Å²) in [4.78, 5) is 16.3. The molecular weight excluding hydrogens is 330 g/mol. The van der Waals surface area contributed by atoms with Crippen LogP contribution in [0.15, 0.2) is 52.7 Å². The van der Waals surface area contributed by atoms with Gasteiger partial charge in [0.15, 0.2) is 11.5 Å². The summed E-state index contributed by atoms with van der Waals surface area (Å²) in [7, 11) is 0. The average Bonchev–Trinajstić information content (AvgIpc) is 2.64. The molecule has 1 amide bonds. The number of amides is 1. The van der Waals surface area contributed by atoms with E-state index in [1.165, 1.54) is 24.3 Å². The molecule has 0 saturated carbocycles. The molecule has 1 aromatic carbocycles. The molecule has 0 aliphatic rings. The van der Waals surface area contributed by atoms with Crippen molar-refractivity contribution in [3.8, 4) is 17.6 Å². The molecule has 6 heteroatoms. The van der Waals surface area contributed by atoms with Crippen molar-refractivity contribution in [3.05, 3.63) is 53.3 Å². The van der Waals surface area contributed by atoms with Gasteiger partial charge in [-0.2, -0.15) is 5.26 Å². The van der Waals surface area contributed by atoms with Gasteiger partial charge in [0.2, 0.25) is 0 Å². The van der Waals surface area contributed by atoms with Crippen LogP contribution in [0.25, 0.3) is 6.08 Å². The molecule has 0 saturated heterocycles. The van der Waals surface area contributed by atoms with E-state index in [4.69, 9.17) is 5.26 Å². The molecule has 6 nitrogen and oxygen atoms in total. The Hall–Kier alpha value is -3.33. The van der Waals surface area contributed by atoms with Crippen molar-refractivity contribution in [3.63, 3.8) is 0 Å². The fraction of sp³-hybridized carbons (Fsp3) is 0.250. The highest BCUT2D eigenvalue weighted by Crippen LogP contribution is 2.25. The minimum absolute atomic E-state index is 0.0247. The average molecular weight is 353 g/mol. The van der Waals surface area contributed by atoms with Gasteiger partial charge in [-0.15, -0.1) is 0 Å². The Morgan fingerprint density at radius 1 is 1.35 bits per heavy atom. The molecule has 136 valence electrons. The maximum Gasteiger partial charge on any atom is 0.261 e. The molecule has 0 heterocycles. The van der Waals surface area contributed by atoms with E-state index in [1.807, 2.05) is 32.2 Å². The van der Waals surface area contributed by atoms with Crippen molar-refractivity contribution in [1.82, 2.24) is 5.32 Å². The smallest absolute Gasteiger partial charge is 0.261 e. The molecule has 0 bridgehead atoms. The molecule has 0 spiro atoms. The van der Waals surface area contributed by atoms with Crippen molar-refractivity contribution in [2.45, 2.75) is 26.7 Å². The standard InChI is InChI=1S/C20H23N3O3/c1-3-11-22-17(4-2)10-12-23-20(26)16(14-21)7-5-6-15-8-9-18(24)19(25)13-15/h4-9,11,13,24-25H,3,10,12H2,1-2H3,(H,23,26)/b6-5+,16-7+,17-4-,22-11?. The number of benzene rings is 1. The number of nitriles is 1. The van der Waals surface area contributed by atoms with Crippen LogP contribution in [0.1, 0.15) is 32.3 Å². The van der Waals surface area contributed by atoms with Gasteiger partial charge in [0.05, 0.1) is 0 Å². The van der Waals surface area contributed by atoms with Crippen LogP contribution >= 0.6 is 0 Å². The first-order chi connectivity index (χ1) is 12.5. The fourth-order valence-electron chi connectivity index (χ4n) is 1.95. The third-order valence-corrected chi connectivity index (χ3v) is 3.36. The number of aliphatic imine (C=N–C) groups is 1. The van der Waals surface area contributed by atoms with Crippen molar-refractivity contribution >= 4 is 18.2 Å². The monoisotopic (exact) mass is 353 g/mol. The first-order valence-electron chi connectivity index (χ1n) is 8.28. The van der Waals surface area contributed by atoms with E-state index in [-0.39, 0.29) is 17.1 Å². The fourth-order valence-corrected chi connectivity index (χ4v) is 1.95. The largest absolute Gasteiger partial charge is 0.504 e. The summed E-state index contributed by atoms with van der Waals surface area (Å²) in [6, 6.07) is 6.19. The number of phenols is 2. The number of hydrogen-bond donors (Lipinski definition) is 3. The predicted molar refractivity (Wildman–Crippen MR) is 103 cm³/mol. The van der Waals surface area contributed by atoms with Gasteiger partial charge in [-0.1, -0.05) is 31.2 Å². The van der Waals surface area contributed by atoms with Crippen molar-refractivity contribution in [1.29, 1.82) is 5.26 Å². The number of rotatable bonds is 8. The Morgan fingerprint density at radius 2 is 2.12 bits per heavy atom. The van der Waals surface area contributed by atoms with E-state index < -0.39 is 5.91 Å². The highest BCUT2D eigenvalue weighted by Gasteiger charge is 2.07. The van der Waals surface area contributed by atoms with Gasteiger partial charge in [-0.05, 0) is 37.1 Å². The minimum Gasteiger partial charge on any atom is -0.504 e. The lowest BCUT2D eigenvalue weighted by atomic mass is 10.1. The quantitative estimate of drug-likeness (QED) is 0.219. The number of phenolic OH excluding ortho intramolecular Hbond substituents is 2. The summed E-state index contributed by atoms with van der Waals surface area (Å²) < 4.78 is 0. The Bertz CT molecular complexity index is 784. The molecule has 0 aliphatic carbocycles. The Labute approximate surface area is 153 Å². The highest BCUT2D eigenvalue weighted by atomic mass is 16.3. The molecule has 3 N–H and O–H groups in total. The lowest BCUT2D eigenvalue weighted by Crippen LogP contribution is -2.25. The lowest BCUT2D eigenvalue weighted by Gasteiger charge is -2.04. The molecule has 26 heavy (non-hydrogen) atoms. The molecule has 0 fully saturated rings. The maximum absolute atomic E-state index is 12.0. The van der Waals surface area contributed by atoms with E-state index in [2.05, 4.69) is 10.3 Å². The normalized spacial score (nSPS) is 12.5. The zero-order valence-corrected chi connectivity index (χ0v) is 14.9. The zero-order valence-electron chi connectivity index (χ0n) is 14.9. The first kappa shape index (κ1) is 20.7. The van der Waals surface area contributed by atoms with Crippen molar-refractivity contribution in [2.75, 3.05) is 6.54 Å². The molecule has 0 radical (unpaired) electrons. The molecule has 1 aromatic rings. The van der Waals surface area contributed by atoms with E-state index in [9.17, 15) is 15.0 Å². The summed E-state index contributed by atoms with van der Waals surface area (Å²) >= 11 is 0. The third-order valence-electron chi connectivity index (χ3n) is 3.36. The van der Waals surface area contributed by atoms with Crippen LogP contribution in [0.5, 0.6) is 11.5 Å². The number of nitrogens with zero attached hydrogens (tertiary/aromatic N) is 2. The second kappa shape index (κ2) is 11.3. The van der Waals surface area contributed by atoms with E-state index in [1.54, 1.807) is 12.1 Å². The SMILES string of the molecule is C/C=C(/CCNC(=O)/C(C#N)=C/C=C/c1ccc(O)c(O)c1)N=CCC. The molecule has 0 unspecified atom stereocenters. The Kier molecular flexibility index (Phi) is 8.97. The lowest BCUT2D eigenvalue weighted by molar-refractivity contribution is -0.117. The molecule has 0 aromatic heterocycles. The van der Waals surface area contributed by atoms with Crippen LogP contribution in [0.4, 0.5) is 0 Å². The van der Waals surface area contributed by atoms with Crippen LogP contribution in [-0.4, -0.2) is 28.9 Å². The number of allylic oxidation sites excluding steroid dienone is 3. The van der Waals surface area contributed by atoms with Crippen LogP contribution < -0.4 is 5.32 Å². The van der Waals surface area contributed by atoms with Crippen LogP contribution in [0.2, 0.25) is 0 Å². The summed E-state index contributed by atoms with van der Waals surface area (Å²) in [6.45, 7) is 4.26. The third kappa shape index (κ3) is 7.05. The zero-order chi connectivity index (χ0) is 19.4. The summed E-state index contributed by atoms with van der Waals surface area (Å²) in [5.41, 5.74) is 1.48. The van der Waals surface area contributed by atoms with E-state index in [0.717, 1.165) is 12.1 Å². The van der Waals surface area contributed by atoms with Crippen LogP contribution in [0, 0.1) is 11.3 Å². The van der Waals surface area contributed by atoms with Crippen molar-refractivity contribution in [2.24, 2.45) is 4.99 Å². The van der Waals surface area contributed by atoms with Gasteiger partial charge in [-0.25, -0.2) is 0 Å². The summed E-state index contributed by atoms with van der Waals surface area (Å²) in [5, 5.41) is 30.5. The molecular formula is C20H23N3O3. The topological polar surface area (TPSA) is 106 Å². The van der Waals surface area contributed by atoms with Gasteiger partial charge in [0.1, 0.15) is 11.6 Å². The predicted octanol–water partition coefficient (Wildman–Crippen LogP) is 3.45. The molecule has 0 aliphatic heterocycles. The van der Waals surface area contributed by atoms with Crippen LogP contribution in [-0.2, 0) is 4.79 Å². The second-order valence-corrected chi connectivity index (χ2v) is 5.31. The minimum atomic E-state index is -0.458. The van der Waals surface area contributed by atoms with E-state index >= 15 is 0 Å². The Balaban J connectivity index is 2.63. The highest BCUT2D eigenvalue weighted by molar-refractivity contribution is 5.97. The maximum atomic E-state index is 12.0. The number of hydrogen-bond acceptors (Lipinski definition) is 5. The van der Waals surface area contributed by atoms with Gasteiger partial charge >= 0.3 is 0 Å².